The van der Waals surface area contributed by atoms with Gasteiger partial charge >= 0.3 is 5.97 Å². The fourth-order valence-electron chi connectivity index (χ4n) is 2.21. The highest BCUT2D eigenvalue weighted by molar-refractivity contribution is 5.95. The van der Waals surface area contributed by atoms with E-state index in [9.17, 15) is 4.79 Å². The topological polar surface area (TPSA) is 57.7 Å². The monoisotopic (exact) mass is 275 g/mol. The Labute approximate surface area is 117 Å². The zero-order chi connectivity index (χ0) is 14.7. The van der Waals surface area contributed by atoms with Gasteiger partial charge in [-0.2, -0.15) is 0 Å². The molecule has 0 spiro atoms. The number of aryl methyl sites for hydroxylation is 1. The van der Waals surface area contributed by atoms with E-state index in [0.29, 0.717) is 17.0 Å². The molecule has 0 aliphatic heterocycles. The van der Waals surface area contributed by atoms with Gasteiger partial charge in [-0.15, -0.1) is 0 Å². The van der Waals surface area contributed by atoms with Crippen molar-refractivity contribution in [1.29, 1.82) is 0 Å². The van der Waals surface area contributed by atoms with Gasteiger partial charge in [0.05, 0.1) is 27.8 Å². The summed E-state index contributed by atoms with van der Waals surface area (Å²) in [6.07, 6.45) is 0.167. The highest BCUT2D eigenvalue weighted by Crippen LogP contribution is 2.34. The predicted octanol–water partition coefficient (Wildman–Crippen LogP) is 2.28. The second kappa shape index (κ2) is 5.77. The molecule has 0 fully saturated rings. The summed E-state index contributed by atoms with van der Waals surface area (Å²) < 4.78 is 15.5. The second-order valence-corrected chi connectivity index (χ2v) is 4.37. The first-order valence-electron chi connectivity index (χ1n) is 6.18. The van der Waals surface area contributed by atoms with Crippen LogP contribution in [0.3, 0.4) is 0 Å². The first kappa shape index (κ1) is 14.1. The number of benzene rings is 1. The number of nitrogens with zero attached hydrogens (tertiary/aromatic N) is 1. The minimum atomic E-state index is -0.304. The van der Waals surface area contributed by atoms with Crippen LogP contribution in [-0.4, -0.2) is 32.3 Å². The molecular formula is C15H17NO4. The molecule has 0 aliphatic rings. The van der Waals surface area contributed by atoms with Crippen LogP contribution in [0, 0.1) is 6.92 Å². The maximum atomic E-state index is 11.6. The first-order chi connectivity index (χ1) is 9.60. The lowest BCUT2D eigenvalue weighted by atomic mass is 10.0. The lowest BCUT2D eigenvalue weighted by Gasteiger charge is -2.13. The van der Waals surface area contributed by atoms with E-state index in [2.05, 4.69) is 4.98 Å². The Morgan fingerprint density at radius 3 is 2.40 bits per heavy atom. The second-order valence-electron chi connectivity index (χ2n) is 4.37. The van der Waals surface area contributed by atoms with Crippen LogP contribution in [0.25, 0.3) is 10.9 Å². The Kier molecular flexibility index (Phi) is 4.08. The summed E-state index contributed by atoms with van der Waals surface area (Å²) in [5.41, 5.74) is 2.31. The van der Waals surface area contributed by atoms with E-state index in [1.807, 2.05) is 13.0 Å². The van der Waals surface area contributed by atoms with Crippen LogP contribution in [0.1, 0.15) is 11.3 Å². The molecule has 2 rings (SSSR count). The molecule has 2 aromatic rings. The minimum Gasteiger partial charge on any atom is -0.496 e. The number of carbonyl (C=O) groups is 1. The molecule has 106 valence electrons. The number of rotatable bonds is 4. The largest absolute Gasteiger partial charge is 0.496 e. The number of esters is 1. The summed E-state index contributed by atoms with van der Waals surface area (Å²) in [5, 5.41) is 0.780. The van der Waals surface area contributed by atoms with Gasteiger partial charge in [0.2, 0.25) is 0 Å². The van der Waals surface area contributed by atoms with Gasteiger partial charge in [-0.3, -0.25) is 4.79 Å². The van der Waals surface area contributed by atoms with Crippen LogP contribution in [0.5, 0.6) is 11.5 Å². The fraction of sp³-hybridized carbons (Fsp3) is 0.333. The number of methoxy groups -OCH3 is 3. The standard InChI is InChI=1S/C15H17NO4/c1-9-7-10(8-13(17)20-4)14-11(18-2)5-6-12(19-3)15(14)16-9/h5-7H,8H2,1-4H3. The Morgan fingerprint density at radius 1 is 1.15 bits per heavy atom. The van der Waals surface area contributed by atoms with Crippen molar-refractivity contribution in [3.8, 4) is 11.5 Å². The van der Waals surface area contributed by atoms with Gasteiger partial charge in [0.25, 0.3) is 0 Å². The average molecular weight is 275 g/mol. The van der Waals surface area contributed by atoms with Crippen molar-refractivity contribution in [3.05, 3.63) is 29.5 Å². The summed E-state index contributed by atoms with van der Waals surface area (Å²) in [7, 11) is 4.55. The van der Waals surface area contributed by atoms with Gasteiger partial charge in [-0.1, -0.05) is 0 Å². The molecule has 1 aromatic carbocycles. The van der Waals surface area contributed by atoms with Gasteiger partial charge in [-0.05, 0) is 30.7 Å². The molecule has 0 radical (unpaired) electrons. The highest BCUT2D eigenvalue weighted by atomic mass is 16.5. The maximum Gasteiger partial charge on any atom is 0.310 e. The van der Waals surface area contributed by atoms with E-state index in [-0.39, 0.29) is 12.4 Å². The molecule has 1 aromatic heterocycles. The van der Waals surface area contributed by atoms with Crippen molar-refractivity contribution in [2.45, 2.75) is 13.3 Å². The summed E-state index contributed by atoms with van der Waals surface area (Å²) >= 11 is 0. The molecule has 0 amide bonds. The van der Waals surface area contributed by atoms with Crippen molar-refractivity contribution in [2.75, 3.05) is 21.3 Å². The Hall–Kier alpha value is -2.30. The van der Waals surface area contributed by atoms with Crippen LogP contribution >= 0.6 is 0 Å². The number of carbonyl (C=O) groups excluding carboxylic acids is 1. The van der Waals surface area contributed by atoms with E-state index in [4.69, 9.17) is 14.2 Å². The molecule has 0 unspecified atom stereocenters. The number of ether oxygens (including phenoxy) is 3. The predicted molar refractivity (Wildman–Crippen MR) is 75.3 cm³/mol. The molecule has 0 atom stereocenters. The van der Waals surface area contributed by atoms with E-state index in [1.165, 1.54) is 7.11 Å². The summed E-state index contributed by atoms with van der Waals surface area (Å²) in [5.74, 6) is 1.00. The highest BCUT2D eigenvalue weighted by Gasteiger charge is 2.16. The maximum absolute atomic E-state index is 11.6. The Balaban J connectivity index is 2.75. The smallest absolute Gasteiger partial charge is 0.310 e. The van der Waals surface area contributed by atoms with Crippen LogP contribution < -0.4 is 9.47 Å². The zero-order valence-electron chi connectivity index (χ0n) is 12.0. The number of aromatic nitrogens is 1. The summed E-state index contributed by atoms with van der Waals surface area (Å²) in [6.45, 7) is 1.87. The van der Waals surface area contributed by atoms with Crippen molar-refractivity contribution >= 4 is 16.9 Å². The van der Waals surface area contributed by atoms with E-state index >= 15 is 0 Å². The van der Waals surface area contributed by atoms with Crippen molar-refractivity contribution in [2.24, 2.45) is 0 Å². The van der Waals surface area contributed by atoms with Crippen molar-refractivity contribution in [1.82, 2.24) is 4.98 Å². The third-order valence-electron chi connectivity index (χ3n) is 3.10. The molecule has 20 heavy (non-hydrogen) atoms. The van der Waals surface area contributed by atoms with Gasteiger partial charge < -0.3 is 14.2 Å². The van der Waals surface area contributed by atoms with Crippen LogP contribution in [0.15, 0.2) is 18.2 Å². The molecule has 0 saturated heterocycles. The molecule has 0 bridgehead atoms. The van der Waals surface area contributed by atoms with Crippen molar-refractivity contribution in [3.63, 3.8) is 0 Å². The van der Waals surface area contributed by atoms with Crippen LogP contribution in [0.2, 0.25) is 0 Å². The van der Waals surface area contributed by atoms with Crippen molar-refractivity contribution < 1.29 is 19.0 Å². The molecule has 0 saturated carbocycles. The van der Waals surface area contributed by atoms with Gasteiger partial charge in [0.15, 0.2) is 0 Å². The number of hydrogen-bond donors (Lipinski definition) is 0. The third-order valence-corrected chi connectivity index (χ3v) is 3.10. The van der Waals surface area contributed by atoms with E-state index < -0.39 is 0 Å². The molecular weight excluding hydrogens is 258 g/mol. The number of fused-ring (bicyclic) bond motifs is 1. The average Bonchev–Trinajstić information content (AvgIpc) is 2.45. The normalized spacial score (nSPS) is 10.4. The van der Waals surface area contributed by atoms with Gasteiger partial charge in [0.1, 0.15) is 17.0 Å². The lowest BCUT2D eigenvalue weighted by Crippen LogP contribution is -2.06. The van der Waals surface area contributed by atoms with E-state index in [1.54, 1.807) is 26.4 Å². The Bertz CT molecular complexity index is 652. The summed E-state index contributed by atoms with van der Waals surface area (Å²) in [4.78, 5) is 16.1. The Morgan fingerprint density at radius 2 is 1.80 bits per heavy atom. The van der Waals surface area contributed by atoms with E-state index in [0.717, 1.165) is 16.6 Å². The third kappa shape index (κ3) is 2.52. The molecule has 0 aliphatic carbocycles. The van der Waals surface area contributed by atoms with Gasteiger partial charge in [-0.25, -0.2) is 4.98 Å². The molecule has 1 heterocycles. The molecule has 5 nitrogen and oxygen atoms in total. The van der Waals surface area contributed by atoms with Crippen LogP contribution in [-0.2, 0) is 16.0 Å². The summed E-state index contributed by atoms with van der Waals surface area (Å²) in [6, 6.07) is 5.47. The zero-order valence-corrected chi connectivity index (χ0v) is 12.0. The first-order valence-corrected chi connectivity index (χ1v) is 6.18. The number of hydrogen-bond acceptors (Lipinski definition) is 5. The fourth-order valence-corrected chi connectivity index (χ4v) is 2.21. The SMILES string of the molecule is COC(=O)Cc1cc(C)nc2c(OC)ccc(OC)c12. The number of pyridine rings is 1. The molecule has 0 N–H and O–H groups in total. The lowest BCUT2D eigenvalue weighted by molar-refractivity contribution is -0.139. The molecule has 5 heteroatoms. The van der Waals surface area contributed by atoms with Gasteiger partial charge in [0, 0.05) is 11.1 Å². The van der Waals surface area contributed by atoms with Crippen LogP contribution in [0.4, 0.5) is 0 Å². The quantitative estimate of drug-likeness (QED) is 0.801. The minimum absolute atomic E-state index is 0.167.